The summed E-state index contributed by atoms with van der Waals surface area (Å²) in [5.74, 6) is -1.06. The summed E-state index contributed by atoms with van der Waals surface area (Å²) in [4.78, 5) is 38.0. The third-order valence-corrected chi connectivity index (χ3v) is 10.7. The average Bonchev–Trinajstić information content (AvgIpc) is 3.34. The van der Waals surface area contributed by atoms with Crippen LogP contribution < -0.4 is 0 Å². The van der Waals surface area contributed by atoms with E-state index in [1.165, 1.54) is 70.6 Å². The van der Waals surface area contributed by atoms with Crippen molar-refractivity contribution >= 4 is 17.9 Å². The minimum atomic E-state index is -0.838. The Morgan fingerprint density at radius 3 is 1.12 bits per heavy atom. The van der Waals surface area contributed by atoms with Crippen molar-refractivity contribution in [2.45, 2.75) is 213 Å². The van der Waals surface area contributed by atoms with E-state index in [4.69, 9.17) is 14.2 Å². The van der Waals surface area contributed by atoms with Gasteiger partial charge in [-0.05, 0) is 103 Å². The number of hydrogen-bond donors (Lipinski definition) is 0. The number of unbranched alkanes of at least 4 members (excludes halogenated alkanes) is 17. The van der Waals surface area contributed by atoms with Crippen LogP contribution in [0.25, 0.3) is 0 Å². The highest BCUT2D eigenvalue weighted by Gasteiger charge is 2.19. The summed E-state index contributed by atoms with van der Waals surface area (Å²) in [6.07, 6.45) is 78.3. The van der Waals surface area contributed by atoms with E-state index in [9.17, 15) is 14.4 Å². The van der Waals surface area contributed by atoms with Gasteiger partial charge in [0, 0.05) is 19.3 Å². The van der Waals surface area contributed by atoms with Crippen molar-refractivity contribution in [1.29, 1.82) is 0 Å². The lowest BCUT2D eigenvalue weighted by Crippen LogP contribution is -2.30. The van der Waals surface area contributed by atoms with Crippen LogP contribution in [0.3, 0.4) is 0 Å². The van der Waals surface area contributed by atoms with Crippen molar-refractivity contribution < 1.29 is 28.6 Å². The highest BCUT2D eigenvalue weighted by Crippen LogP contribution is 2.12. The molecule has 0 bridgehead atoms. The summed E-state index contributed by atoms with van der Waals surface area (Å²) < 4.78 is 16.7. The number of carbonyl (C=O) groups excluding carboxylic acids is 3. The van der Waals surface area contributed by atoms with Crippen molar-refractivity contribution in [3.05, 3.63) is 146 Å². The summed E-state index contributed by atoms with van der Waals surface area (Å²) in [6, 6.07) is 0. The molecule has 0 spiro atoms. The Bertz CT molecular complexity index is 1540. The second-order valence-electron chi connectivity index (χ2n) is 17.2. The van der Waals surface area contributed by atoms with E-state index in [1.54, 1.807) is 0 Å². The second kappa shape index (κ2) is 54.9. The van der Waals surface area contributed by atoms with Gasteiger partial charge >= 0.3 is 17.9 Å². The Kier molecular flexibility index (Phi) is 51.1. The Hall–Kier alpha value is -4.71. The fourth-order valence-corrected chi connectivity index (χ4v) is 6.70. The van der Waals surface area contributed by atoms with Crippen LogP contribution in [-0.2, 0) is 28.6 Å². The molecule has 0 aromatic carbocycles. The third kappa shape index (κ3) is 52.3. The molecular formula is C62H96O6. The molecule has 0 aliphatic carbocycles. The molecule has 0 aliphatic rings. The van der Waals surface area contributed by atoms with E-state index in [2.05, 4.69) is 93.7 Å². The normalized spacial score (nSPS) is 13.3. The van der Waals surface area contributed by atoms with Gasteiger partial charge in [0.1, 0.15) is 13.2 Å². The van der Waals surface area contributed by atoms with E-state index in [-0.39, 0.29) is 44.0 Å². The van der Waals surface area contributed by atoms with Gasteiger partial charge in [-0.1, -0.05) is 231 Å². The summed E-state index contributed by atoms with van der Waals surface area (Å²) in [7, 11) is 0. The highest BCUT2D eigenvalue weighted by atomic mass is 16.6. The zero-order chi connectivity index (χ0) is 49.3. The molecule has 0 heterocycles. The molecule has 0 aromatic heterocycles. The molecule has 6 nitrogen and oxygen atoms in total. The zero-order valence-corrected chi connectivity index (χ0v) is 43.3. The molecule has 0 saturated heterocycles. The molecule has 0 rings (SSSR count). The first-order valence-corrected chi connectivity index (χ1v) is 26.9. The maximum atomic E-state index is 12.8. The smallest absolute Gasteiger partial charge is 0.306 e. The molecule has 1 unspecified atom stereocenters. The molecular weight excluding hydrogens is 841 g/mol. The third-order valence-electron chi connectivity index (χ3n) is 10.7. The molecule has 1 atom stereocenters. The molecule has 0 radical (unpaired) electrons. The minimum Gasteiger partial charge on any atom is -0.462 e. The lowest BCUT2D eigenvalue weighted by atomic mass is 10.1. The van der Waals surface area contributed by atoms with Gasteiger partial charge < -0.3 is 14.2 Å². The van der Waals surface area contributed by atoms with Crippen molar-refractivity contribution in [2.75, 3.05) is 13.2 Å². The maximum Gasteiger partial charge on any atom is 0.306 e. The van der Waals surface area contributed by atoms with E-state index in [0.717, 1.165) is 83.5 Å². The first-order valence-electron chi connectivity index (χ1n) is 26.9. The Morgan fingerprint density at radius 2 is 0.647 bits per heavy atom. The SMILES string of the molecule is CC\C=C/C=C\C=C/C=C\C=C\C=C/C=C\CCCCCC(=O)OCC(COC(=O)CCCCC/C=C\CCCCCCCCC)OC(=O)CCC/C=C\C/C=C\C/C=C\C/C=C\CCCCC. The maximum absolute atomic E-state index is 12.8. The van der Waals surface area contributed by atoms with Crippen molar-refractivity contribution in [2.24, 2.45) is 0 Å². The topological polar surface area (TPSA) is 78.9 Å². The van der Waals surface area contributed by atoms with Crippen LogP contribution in [0, 0.1) is 0 Å². The van der Waals surface area contributed by atoms with Crippen molar-refractivity contribution in [3.63, 3.8) is 0 Å². The van der Waals surface area contributed by atoms with Gasteiger partial charge in [-0.3, -0.25) is 14.4 Å². The lowest BCUT2D eigenvalue weighted by Gasteiger charge is -2.18. The summed E-state index contributed by atoms with van der Waals surface area (Å²) in [5.41, 5.74) is 0. The Labute approximate surface area is 417 Å². The first kappa shape index (κ1) is 63.3. The molecule has 380 valence electrons. The number of rotatable bonds is 46. The molecule has 6 heteroatoms. The van der Waals surface area contributed by atoms with Gasteiger partial charge in [0.25, 0.3) is 0 Å². The van der Waals surface area contributed by atoms with Gasteiger partial charge in [-0.15, -0.1) is 0 Å². The number of hydrogen-bond acceptors (Lipinski definition) is 6. The first-order chi connectivity index (χ1) is 33.5. The summed E-state index contributed by atoms with van der Waals surface area (Å²) in [5, 5.41) is 0. The van der Waals surface area contributed by atoms with Crippen LogP contribution in [0.2, 0.25) is 0 Å². The number of allylic oxidation sites excluding steroid dienone is 24. The van der Waals surface area contributed by atoms with Crippen LogP contribution >= 0.6 is 0 Å². The predicted octanol–water partition coefficient (Wildman–Crippen LogP) is 18.0. The average molecular weight is 937 g/mol. The minimum absolute atomic E-state index is 0.129. The summed E-state index contributed by atoms with van der Waals surface area (Å²) in [6.45, 7) is 6.34. The Morgan fingerprint density at radius 1 is 0.324 bits per heavy atom. The van der Waals surface area contributed by atoms with Gasteiger partial charge in [0.05, 0.1) is 0 Å². The predicted molar refractivity (Wildman–Crippen MR) is 292 cm³/mol. The van der Waals surface area contributed by atoms with Gasteiger partial charge in [0.15, 0.2) is 6.10 Å². The van der Waals surface area contributed by atoms with Crippen LogP contribution in [0.1, 0.15) is 207 Å². The van der Waals surface area contributed by atoms with Crippen LogP contribution in [-0.4, -0.2) is 37.2 Å². The molecule has 0 saturated carbocycles. The highest BCUT2D eigenvalue weighted by molar-refractivity contribution is 5.71. The number of esters is 3. The number of ether oxygens (including phenoxy) is 3. The van der Waals surface area contributed by atoms with Gasteiger partial charge in [0.2, 0.25) is 0 Å². The van der Waals surface area contributed by atoms with Crippen molar-refractivity contribution in [3.8, 4) is 0 Å². The van der Waals surface area contributed by atoms with Gasteiger partial charge in [-0.2, -0.15) is 0 Å². The van der Waals surface area contributed by atoms with E-state index < -0.39 is 6.10 Å². The Balaban J connectivity index is 4.63. The van der Waals surface area contributed by atoms with E-state index >= 15 is 0 Å². The van der Waals surface area contributed by atoms with Gasteiger partial charge in [-0.25, -0.2) is 0 Å². The lowest BCUT2D eigenvalue weighted by molar-refractivity contribution is -0.167. The standard InChI is InChI=1S/C62H96O6/c1-4-7-10-13-16-19-22-25-28-30-31-33-34-37-40-43-46-49-52-55-61(64)67-58-59(57-66-60(63)54-51-48-45-42-39-36-27-24-21-18-15-12-9-6-3)68-62(65)56-53-50-47-44-41-38-35-32-29-26-23-20-17-14-11-8-5-2/h7,10,13,16-17,19-20,22,25-26,28-31,33-40,44,47,59H,4-6,8-9,11-12,14-15,18,21,23-24,27,32,41-43,45-46,48-58H2,1-3H3/b10-7-,16-13-,20-17-,22-19-,28-25-,29-26-,31-30+,34-33-,38-35-,39-36-,40-37-,47-44-. The molecule has 68 heavy (non-hydrogen) atoms. The monoisotopic (exact) mass is 937 g/mol. The molecule has 0 amide bonds. The fraction of sp³-hybridized carbons (Fsp3) is 0.565. The quantitative estimate of drug-likeness (QED) is 0.0199. The molecule has 0 N–H and O–H groups in total. The zero-order valence-electron chi connectivity index (χ0n) is 43.3. The summed E-state index contributed by atoms with van der Waals surface area (Å²) >= 11 is 0. The largest absolute Gasteiger partial charge is 0.462 e. The van der Waals surface area contributed by atoms with E-state index in [0.29, 0.717) is 19.3 Å². The molecule has 0 fully saturated rings. The van der Waals surface area contributed by atoms with Crippen LogP contribution in [0.4, 0.5) is 0 Å². The number of carbonyl (C=O) groups is 3. The van der Waals surface area contributed by atoms with Crippen LogP contribution in [0.5, 0.6) is 0 Å². The fourth-order valence-electron chi connectivity index (χ4n) is 6.70. The van der Waals surface area contributed by atoms with Crippen LogP contribution in [0.15, 0.2) is 146 Å². The second-order valence-corrected chi connectivity index (χ2v) is 17.2. The molecule has 0 aromatic rings. The van der Waals surface area contributed by atoms with Crippen molar-refractivity contribution in [1.82, 2.24) is 0 Å². The molecule has 0 aliphatic heterocycles. The van der Waals surface area contributed by atoms with E-state index in [1.807, 2.05) is 72.9 Å².